The minimum Gasteiger partial charge on any atom is -0.370 e. The number of nitrogens with one attached hydrogen (secondary N) is 2. The SMILES string of the molecule is CC(C)CCCC(C)NC(N)=NCCNC(C)(C)C.I. The molecule has 1 unspecified atom stereocenters. The van der Waals surface area contributed by atoms with E-state index < -0.39 is 0 Å². The van der Waals surface area contributed by atoms with E-state index in [9.17, 15) is 0 Å². The van der Waals surface area contributed by atoms with Crippen LogP contribution in [0.25, 0.3) is 0 Å². The number of guanidine groups is 1. The van der Waals surface area contributed by atoms with Crippen LogP contribution >= 0.6 is 24.0 Å². The fourth-order valence-corrected chi connectivity index (χ4v) is 1.81. The fourth-order valence-electron chi connectivity index (χ4n) is 1.81. The molecule has 4 nitrogen and oxygen atoms in total. The van der Waals surface area contributed by atoms with E-state index in [1.54, 1.807) is 0 Å². The van der Waals surface area contributed by atoms with Crippen molar-refractivity contribution in [3.05, 3.63) is 0 Å². The van der Waals surface area contributed by atoms with E-state index in [-0.39, 0.29) is 29.5 Å². The van der Waals surface area contributed by atoms with E-state index in [4.69, 9.17) is 5.73 Å². The molecule has 20 heavy (non-hydrogen) atoms. The zero-order valence-electron chi connectivity index (χ0n) is 14.1. The summed E-state index contributed by atoms with van der Waals surface area (Å²) in [5.74, 6) is 1.34. The Balaban J connectivity index is 0. The molecular weight excluding hydrogens is 363 g/mol. The Morgan fingerprint density at radius 2 is 1.75 bits per heavy atom. The summed E-state index contributed by atoms with van der Waals surface area (Å²) in [6, 6.07) is 0.401. The van der Waals surface area contributed by atoms with Gasteiger partial charge in [-0.15, -0.1) is 24.0 Å². The predicted molar refractivity (Wildman–Crippen MR) is 101 cm³/mol. The molecule has 0 bridgehead atoms. The molecule has 0 amide bonds. The molecule has 0 aliphatic heterocycles. The molecule has 0 aromatic heterocycles. The number of rotatable bonds is 8. The van der Waals surface area contributed by atoms with Crippen LogP contribution < -0.4 is 16.4 Å². The van der Waals surface area contributed by atoms with Crippen molar-refractivity contribution >= 4 is 29.9 Å². The van der Waals surface area contributed by atoms with Gasteiger partial charge in [0.1, 0.15) is 0 Å². The van der Waals surface area contributed by atoms with Crippen molar-refractivity contribution in [2.24, 2.45) is 16.6 Å². The van der Waals surface area contributed by atoms with E-state index >= 15 is 0 Å². The third-order valence-electron chi connectivity index (χ3n) is 2.86. The second kappa shape index (κ2) is 11.6. The van der Waals surface area contributed by atoms with Gasteiger partial charge in [-0.05, 0) is 40.0 Å². The quantitative estimate of drug-likeness (QED) is 0.255. The number of nitrogens with two attached hydrogens (primary N) is 1. The second-order valence-corrected chi connectivity index (χ2v) is 6.81. The lowest BCUT2D eigenvalue weighted by atomic mass is 10.0. The summed E-state index contributed by atoms with van der Waals surface area (Å²) < 4.78 is 0. The molecule has 0 saturated carbocycles. The lowest BCUT2D eigenvalue weighted by Gasteiger charge is -2.20. The van der Waals surface area contributed by atoms with Crippen molar-refractivity contribution in [2.75, 3.05) is 13.1 Å². The largest absolute Gasteiger partial charge is 0.370 e. The molecule has 0 heterocycles. The molecular formula is C15H35IN4. The van der Waals surface area contributed by atoms with Gasteiger partial charge in [-0.1, -0.05) is 26.7 Å². The molecule has 0 aliphatic rings. The average Bonchev–Trinajstić information content (AvgIpc) is 2.22. The zero-order chi connectivity index (χ0) is 14.9. The molecule has 5 heteroatoms. The van der Waals surface area contributed by atoms with Crippen LogP contribution in [0.5, 0.6) is 0 Å². The Kier molecular flexibility index (Phi) is 12.9. The van der Waals surface area contributed by atoms with Crippen LogP contribution in [0.15, 0.2) is 4.99 Å². The minimum atomic E-state index is 0. The van der Waals surface area contributed by atoms with E-state index in [0.29, 0.717) is 12.0 Å². The highest BCUT2D eigenvalue weighted by Gasteiger charge is 2.07. The summed E-state index contributed by atoms with van der Waals surface area (Å²) in [5.41, 5.74) is 6.01. The van der Waals surface area contributed by atoms with Gasteiger partial charge in [-0.2, -0.15) is 0 Å². The molecule has 0 aromatic carbocycles. The topological polar surface area (TPSA) is 62.4 Å². The Labute approximate surface area is 142 Å². The predicted octanol–water partition coefficient (Wildman–Crippen LogP) is 3.11. The standard InChI is InChI=1S/C15H34N4.HI/c1-12(2)8-7-9-13(3)19-14(16)17-10-11-18-15(4,5)6;/h12-13,18H,7-11H2,1-6H3,(H3,16,17,19);1H. The first-order valence-corrected chi connectivity index (χ1v) is 7.52. The number of nitrogens with zero attached hydrogens (tertiary/aromatic N) is 1. The van der Waals surface area contributed by atoms with Crippen LogP contribution in [-0.4, -0.2) is 30.6 Å². The monoisotopic (exact) mass is 398 g/mol. The fraction of sp³-hybridized carbons (Fsp3) is 0.933. The van der Waals surface area contributed by atoms with E-state index in [2.05, 4.69) is 57.2 Å². The summed E-state index contributed by atoms with van der Waals surface area (Å²) in [5, 5.41) is 6.64. The van der Waals surface area contributed by atoms with Gasteiger partial charge in [0.2, 0.25) is 0 Å². The molecule has 0 saturated heterocycles. The maximum Gasteiger partial charge on any atom is 0.188 e. The summed E-state index contributed by atoms with van der Waals surface area (Å²) >= 11 is 0. The van der Waals surface area contributed by atoms with Crippen molar-refractivity contribution in [3.63, 3.8) is 0 Å². The average molecular weight is 398 g/mol. The number of hydrogen-bond acceptors (Lipinski definition) is 2. The van der Waals surface area contributed by atoms with Gasteiger partial charge < -0.3 is 16.4 Å². The number of hydrogen-bond donors (Lipinski definition) is 3. The zero-order valence-corrected chi connectivity index (χ0v) is 16.5. The minimum absolute atomic E-state index is 0. The van der Waals surface area contributed by atoms with Crippen molar-refractivity contribution in [3.8, 4) is 0 Å². The van der Waals surface area contributed by atoms with Gasteiger partial charge in [-0.25, -0.2) is 0 Å². The van der Waals surface area contributed by atoms with Crippen LogP contribution in [0, 0.1) is 5.92 Å². The molecule has 0 radical (unpaired) electrons. The Hall–Kier alpha value is -0.0400. The normalized spacial score (nSPS) is 14.1. The van der Waals surface area contributed by atoms with Gasteiger partial charge in [0.15, 0.2) is 5.96 Å². The molecule has 0 rings (SSSR count). The Morgan fingerprint density at radius 3 is 2.25 bits per heavy atom. The molecule has 1 atom stereocenters. The van der Waals surface area contributed by atoms with Gasteiger partial charge in [0, 0.05) is 18.1 Å². The van der Waals surface area contributed by atoms with E-state index in [1.165, 1.54) is 12.8 Å². The van der Waals surface area contributed by atoms with Crippen LogP contribution in [0.1, 0.15) is 60.8 Å². The maximum absolute atomic E-state index is 5.87. The van der Waals surface area contributed by atoms with Crippen molar-refractivity contribution in [1.29, 1.82) is 0 Å². The van der Waals surface area contributed by atoms with E-state index in [1.807, 2.05) is 0 Å². The lowest BCUT2D eigenvalue weighted by Crippen LogP contribution is -2.40. The van der Waals surface area contributed by atoms with Crippen LogP contribution in [0.2, 0.25) is 0 Å². The third kappa shape index (κ3) is 16.0. The molecule has 0 aliphatic carbocycles. The lowest BCUT2D eigenvalue weighted by molar-refractivity contribution is 0.432. The van der Waals surface area contributed by atoms with Crippen LogP contribution in [-0.2, 0) is 0 Å². The molecule has 4 N–H and O–H groups in total. The van der Waals surface area contributed by atoms with Gasteiger partial charge in [0.05, 0.1) is 6.54 Å². The summed E-state index contributed by atoms with van der Waals surface area (Å²) in [4.78, 5) is 4.33. The van der Waals surface area contributed by atoms with Gasteiger partial charge >= 0.3 is 0 Å². The number of aliphatic imine (C=N–C) groups is 1. The van der Waals surface area contributed by atoms with Crippen LogP contribution in [0.4, 0.5) is 0 Å². The van der Waals surface area contributed by atoms with Crippen molar-refractivity contribution in [2.45, 2.75) is 72.4 Å². The second-order valence-electron chi connectivity index (χ2n) is 6.81. The molecule has 0 fully saturated rings. The highest BCUT2D eigenvalue weighted by atomic mass is 127. The van der Waals surface area contributed by atoms with Gasteiger partial charge in [-0.3, -0.25) is 4.99 Å². The van der Waals surface area contributed by atoms with Crippen LogP contribution in [0.3, 0.4) is 0 Å². The van der Waals surface area contributed by atoms with E-state index in [0.717, 1.165) is 25.4 Å². The third-order valence-corrected chi connectivity index (χ3v) is 2.86. The summed E-state index contributed by atoms with van der Waals surface area (Å²) in [6.07, 6.45) is 3.66. The Morgan fingerprint density at radius 1 is 1.15 bits per heavy atom. The van der Waals surface area contributed by atoms with Crippen molar-refractivity contribution < 1.29 is 0 Å². The first-order valence-electron chi connectivity index (χ1n) is 7.52. The molecule has 0 aromatic rings. The first-order chi connectivity index (χ1) is 8.70. The number of halogens is 1. The highest BCUT2D eigenvalue weighted by Crippen LogP contribution is 2.07. The smallest absolute Gasteiger partial charge is 0.188 e. The summed E-state index contributed by atoms with van der Waals surface area (Å²) in [7, 11) is 0. The Bertz CT molecular complexity index is 259. The van der Waals surface area contributed by atoms with Crippen molar-refractivity contribution in [1.82, 2.24) is 10.6 Å². The molecule has 122 valence electrons. The maximum atomic E-state index is 5.87. The van der Waals surface area contributed by atoms with Gasteiger partial charge in [0.25, 0.3) is 0 Å². The summed E-state index contributed by atoms with van der Waals surface area (Å²) in [6.45, 7) is 14.7. The first kappa shape index (κ1) is 22.2. The molecule has 0 spiro atoms. The highest BCUT2D eigenvalue weighted by molar-refractivity contribution is 14.0.